The van der Waals surface area contributed by atoms with Crippen LogP contribution in [-0.2, 0) is 6.42 Å². The third kappa shape index (κ3) is 1.95. The van der Waals surface area contributed by atoms with Crippen molar-refractivity contribution in [3.8, 4) is 17.2 Å². The van der Waals surface area contributed by atoms with Gasteiger partial charge in [-0.25, -0.2) is 0 Å². The summed E-state index contributed by atoms with van der Waals surface area (Å²) < 4.78 is 16.5. The normalized spacial score (nSPS) is 13.7. The van der Waals surface area contributed by atoms with E-state index in [0.29, 0.717) is 35.7 Å². The number of hydrogen-bond acceptors (Lipinski definition) is 4. The lowest BCUT2D eigenvalue weighted by molar-refractivity contribution is 0.0992. The summed E-state index contributed by atoms with van der Waals surface area (Å²) in [5.74, 6) is 2.30. The van der Waals surface area contributed by atoms with Gasteiger partial charge in [-0.15, -0.1) is 0 Å². The predicted molar refractivity (Wildman–Crippen MR) is 72.8 cm³/mol. The summed E-state index contributed by atoms with van der Waals surface area (Å²) in [4.78, 5) is 12.1. The molecular formula is C15H20O4. The molecule has 4 heteroatoms. The summed E-state index contributed by atoms with van der Waals surface area (Å²) in [5, 5.41) is 0. The molecule has 1 aliphatic carbocycles. The Hall–Kier alpha value is -1.71. The Balaban J connectivity index is 2.86. The molecule has 0 saturated heterocycles. The molecule has 0 aromatic heterocycles. The summed E-state index contributed by atoms with van der Waals surface area (Å²) in [5.41, 5.74) is 2.48. The van der Waals surface area contributed by atoms with Crippen LogP contribution in [0.5, 0.6) is 17.2 Å². The van der Waals surface area contributed by atoms with E-state index in [-0.39, 0.29) is 11.7 Å². The fraction of sp³-hybridized carbons (Fsp3) is 0.533. The molecule has 2 rings (SSSR count). The first-order valence-electron chi connectivity index (χ1n) is 6.44. The van der Waals surface area contributed by atoms with E-state index in [1.54, 1.807) is 21.3 Å². The van der Waals surface area contributed by atoms with E-state index < -0.39 is 0 Å². The number of hydrogen-bond donors (Lipinski definition) is 0. The number of Topliss-reactive ketones (excluding diaryl/α,β-unsaturated/α-hetero) is 1. The highest BCUT2D eigenvalue weighted by molar-refractivity contribution is 6.05. The minimum Gasteiger partial charge on any atom is -0.496 e. The first-order valence-corrected chi connectivity index (χ1v) is 6.44. The summed E-state index contributed by atoms with van der Waals surface area (Å²) >= 11 is 0. The number of methoxy groups -OCH3 is 3. The quantitative estimate of drug-likeness (QED) is 0.838. The van der Waals surface area contributed by atoms with E-state index in [0.717, 1.165) is 11.1 Å². The molecule has 0 spiro atoms. The summed E-state index contributed by atoms with van der Waals surface area (Å²) in [6, 6.07) is 0. The van der Waals surface area contributed by atoms with Gasteiger partial charge in [0.05, 0.1) is 26.9 Å². The summed E-state index contributed by atoms with van der Waals surface area (Å²) in [6.45, 7) is 4.09. The highest BCUT2D eigenvalue weighted by Crippen LogP contribution is 2.50. The Morgan fingerprint density at radius 2 is 1.47 bits per heavy atom. The molecule has 0 N–H and O–H groups in total. The molecule has 1 aromatic rings. The van der Waals surface area contributed by atoms with Gasteiger partial charge in [-0.2, -0.15) is 0 Å². The van der Waals surface area contributed by atoms with Gasteiger partial charge in [-0.05, 0) is 12.3 Å². The average Bonchev–Trinajstić information content (AvgIpc) is 2.77. The number of ether oxygens (including phenoxy) is 3. The van der Waals surface area contributed by atoms with E-state index >= 15 is 0 Å². The van der Waals surface area contributed by atoms with Gasteiger partial charge in [0.25, 0.3) is 0 Å². The largest absolute Gasteiger partial charge is 0.496 e. The van der Waals surface area contributed by atoms with Crippen LogP contribution in [0.2, 0.25) is 0 Å². The first kappa shape index (κ1) is 13.7. The highest BCUT2D eigenvalue weighted by Gasteiger charge is 2.34. The van der Waals surface area contributed by atoms with Crippen molar-refractivity contribution in [3.05, 3.63) is 16.7 Å². The number of rotatable bonds is 4. The molecule has 0 unspecified atom stereocenters. The molecule has 4 nitrogen and oxygen atoms in total. The molecule has 0 atom stereocenters. The Labute approximate surface area is 113 Å². The Morgan fingerprint density at radius 3 is 1.95 bits per heavy atom. The molecule has 0 saturated carbocycles. The lowest BCUT2D eigenvalue weighted by Gasteiger charge is -2.22. The van der Waals surface area contributed by atoms with Crippen LogP contribution < -0.4 is 14.2 Å². The molecule has 19 heavy (non-hydrogen) atoms. The summed E-state index contributed by atoms with van der Waals surface area (Å²) in [6.07, 6.45) is 1.19. The average molecular weight is 264 g/mol. The SMILES string of the molecule is COc1c2c(c(OC)c(C(C)C)c1OC)C(=O)CC2. The van der Waals surface area contributed by atoms with Crippen molar-refractivity contribution in [2.24, 2.45) is 0 Å². The van der Waals surface area contributed by atoms with Crippen molar-refractivity contribution in [1.82, 2.24) is 0 Å². The smallest absolute Gasteiger partial charge is 0.168 e. The van der Waals surface area contributed by atoms with Crippen LogP contribution in [0.4, 0.5) is 0 Å². The van der Waals surface area contributed by atoms with E-state index in [1.807, 2.05) is 13.8 Å². The van der Waals surface area contributed by atoms with Gasteiger partial charge in [0.15, 0.2) is 17.3 Å². The van der Waals surface area contributed by atoms with Crippen LogP contribution >= 0.6 is 0 Å². The van der Waals surface area contributed by atoms with Gasteiger partial charge < -0.3 is 14.2 Å². The highest BCUT2D eigenvalue weighted by atomic mass is 16.5. The lowest BCUT2D eigenvalue weighted by Crippen LogP contribution is -2.07. The van der Waals surface area contributed by atoms with Crippen molar-refractivity contribution >= 4 is 5.78 Å². The van der Waals surface area contributed by atoms with Gasteiger partial charge in [-0.3, -0.25) is 4.79 Å². The Morgan fingerprint density at radius 1 is 0.895 bits per heavy atom. The van der Waals surface area contributed by atoms with Crippen LogP contribution in [0, 0.1) is 0 Å². The Bertz CT molecular complexity index is 518. The van der Waals surface area contributed by atoms with Crippen LogP contribution in [0.3, 0.4) is 0 Å². The molecule has 104 valence electrons. The standard InChI is InChI=1S/C15H20O4/c1-8(2)11-14(18-4)12-9(6-7-10(12)16)13(17-3)15(11)19-5/h8H,6-7H2,1-5H3. The first-order chi connectivity index (χ1) is 9.06. The number of benzene rings is 1. The summed E-state index contributed by atoms with van der Waals surface area (Å²) in [7, 11) is 4.82. The van der Waals surface area contributed by atoms with Crippen molar-refractivity contribution in [2.75, 3.05) is 21.3 Å². The third-order valence-corrected chi connectivity index (χ3v) is 3.57. The number of fused-ring (bicyclic) bond motifs is 1. The fourth-order valence-corrected chi connectivity index (χ4v) is 2.80. The zero-order valence-electron chi connectivity index (χ0n) is 12.1. The molecule has 0 fully saturated rings. The lowest BCUT2D eigenvalue weighted by atomic mass is 9.94. The number of ketones is 1. The molecule has 1 aliphatic rings. The second-order valence-electron chi connectivity index (χ2n) is 4.94. The maximum Gasteiger partial charge on any atom is 0.168 e. The topological polar surface area (TPSA) is 44.8 Å². The number of carbonyl (C=O) groups excluding carboxylic acids is 1. The van der Waals surface area contributed by atoms with Crippen LogP contribution in [0.15, 0.2) is 0 Å². The van der Waals surface area contributed by atoms with E-state index in [2.05, 4.69) is 0 Å². The molecule has 1 aromatic carbocycles. The van der Waals surface area contributed by atoms with Gasteiger partial charge >= 0.3 is 0 Å². The maximum atomic E-state index is 12.1. The molecule has 0 amide bonds. The monoisotopic (exact) mass is 264 g/mol. The maximum absolute atomic E-state index is 12.1. The van der Waals surface area contributed by atoms with E-state index in [4.69, 9.17) is 14.2 Å². The molecule has 0 heterocycles. The number of carbonyl (C=O) groups is 1. The molecule has 0 radical (unpaired) electrons. The van der Waals surface area contributed by atoms with Crippen molar-refractivity contribution < 1.29 is 19.0 Å². The molecule has 0 aliphatic heterocycles. The minimum absolute atomic E-state index is 0.120. The van der Waals surface area contributed by atoms with Crippen molar-refractivity contribution in [3.63, 3.8) is 0 Å². The zero-order chi connectivity index (χ0) is 14.2. The van der Waals surface area contributed by atoms with E-state index in [9.17, 15) is 4.79 Å². The molecular weight excluding hydrogens is 244 g/mol. The van der Waals surface area contributed by atoms with Crippen LogP contribution in [0.25, 0.3) is 0 Å². The second kappa shape index (κ2) is 5.11. The van der Waals surface area contributed by atoms with Gasteiger partial charge in [0, 0.05) is 17.5 Å². The van der Waals surface area contributed by atoms with Gasteiger partial charge in [-0.1, -0.05) is 13.8 Å². The second-order valence-corrected chi connectivity index (χ2v) is 4.94. The predicted octanol–water partition coefficient (Wildman–Crippen LogP) is 2.96. The van der Waals surface area contributed by atoms with E-state index in [1.165, 1.54) is 0 Å². The van der Waals surface area contributed by atoms with Gasteiger partial charge in [0.2, 0.25) is 0 Å². The minimum atomic E-state index is 0.120. The van der Waals surface area contributed by atoms with Gasteiger partial charge in [0.1, 0.15) is 5.75 Å². The Kier molecular flexibility index (Phi) is 3.69. The van der Waals surface area contributed by atoms with Crippen LogP contribution in [-0.4, -0.2) is 27.1 Å². The fourth-order valence-electron chi connectivity index (χ4n) is 2.80. The zero-order valence-corrected chi connectivity index (χ0v) is 12.1. The van der Waals surface area contributed by atoms with Crippen LogP contribution in [0.1, 0.15) is 47.7 Å². The van der Waals surface area contributed by atoms with Crippen molar-refractivity contribution in [1.29, 1.82) is 0 Å². The third-order valence-electron chi connectivity index (χ3n) is 3.57. The van der Waals surface area contributed by atoms with Crippen molar-refractivity contribution in [2.45, 2.75) is 32.6 Å². The molecule has 0 bridgehead atoms.